The topological polar surface area (TPSA) is 37.4 Å². The van der Waals surface area contributed by atoms with E-state index in [-0.39, 0.29) is 0 Å². The Balaban J connectivity index is 2.86. The van der Waals surface area contributed by atoms with Crippen molar-refractivity contribution in [3.05, 3.63) is 11.0 Å². The molecule has 0 aromatic heterocycles. The summed E-state index contributed by atoms with van der Waals surface area (Å²) in [5.41, 5.74) is 0. The second kappa shape index (κ2) is 4.24. The molecule has 0 aromatic rings. The van der Waals surface area contributed by atoms with Crippen LogP contribution >= 0.6 is 0 Å². The summed E-state index contributed by atoms with van der Waals surface area (Å²) in [6.45, 7) is 5.05. The maximum Gasteiger partial charge on any atom is 0.238 e. The van der Waals surface area contributed by atoms with Gasteiger partial charge in [-0.15, -0.1) is 0 Å². The van der Waals surface area contributed by atoms with E-state index in [1.54, 1.807) is 17.3 Å². The van der Waals surface area contributed by atoms with Crippen molar-refractivity contribution >= 4 is 10.0 Å². The maximum atomic E-state index is 11.9. The highest BCUT2D eigenvalue weighted by Gasteiger charge is 2.27. The normalized spacial score (nSPS) is 20.9. The van der Waals surface area contributed by atoms with Gasteiger partial charge in [0.05, 0.1) is 4.91 Å². The largest absolute Gasteiger partial charge is 0.238 e. The first kappa shape index (κ1) is 10.7. The van der Waals surface area contributed by atoms with Crippen LogP contribution in [0.2, 0.25) is 0 Å². The third kappa shape index (κ3) is 2.11. The van der Waals surface area contributed by atoms with Crippen molar-refractivity contribution in [2.24, 2.45) is 0 Å². The van der Waals surface area contributed by atoms with Crippen LogP contribution in [0.3, 0.4) is 0 Å². The van der Waals surface area contributed by atoms with Crippen molar-refractivity contribution < 1.29 is 8.42 Å². The number of rotatable bonds is 3. The molecule has 0 aliphatic carbocycles. The summed E-state index contributed by atoms with van der Waals surface area (Å²) >= 11 is 0. The molecule has 76 valence electrons. The SMILES string of the molecule is CC=C(CC)S(=O)(=O)N1CCCC1. The monoisotopic (exact) mass is 203 g/mol. The molecule has 0 aromatic carbocycles. The quantitative estimate of drug-likeness (QED) is 0.700. The third-order valence-electron chi connectivity index (χ3n) is 2.41. The number of sulfonamides is 1. The molecule has 1 aliphatic rings. The molecule has 1 aliphatic heterocycles. The highest BCUT2D eigenvalue weighted by molar-refractivity contribution is 7.93. The van der Waals surface area contributed by atoms with Crippen LogP contribution in [-0.2, 0) is 10.0 Å². The fourth-order valence-electron chi connectivity index (χ4n) is 1.63. The molecule has 1 fully saturated rings. The molecule has 0 unspecified atom stereocenters. The van der Waals surface area contributed by atoms with Crippen molar-refractivity contribution in [3.8, 4) is 0 Å². The van der Waals surface area contributed by atoms with Crippen molar-refractivity contribution in [1.82, 2.24) is 4.31 Å². The van der Waals surface area contributed by atoms with E-state index >= 15 is 0 Å². The molecule has 0 spiro atoms. The molecule has 0 N–H and O–H groups in total. The summed E-state index contributed by atoms with van der Waals surface area (Å²) in [6.07, 6.45) is 4.29. The molecular weight excluding hydrogens is 186 g/mol. The van der Waals surface area contributed by atoms with Gasteiger partial charge in [0.1, 0.15) is 0 Å². The summed E-state index contributed by atoms with van der Waals surface area (Å²) in [6, 6.07) is 0. The van der Waals surface area contributed by atoms with E-state index in [2.05, 4.69) is 0 Å². The fourth-order valence-corrected chi connectivity index (χ4v) is 3.36. The highest BCUT2D eigenvalue weighted by Crippen LogP contribution is 2.20. The Kier molecular flexibility index (Phi) is 3.50. The Morgan fingerprint density at radius 3 is 2.31 bits per heavy atom. The molecule has 0 amide bonds. The number of hydrogen-bond donors (Lipinski definition) is 0. The lowest BCUT2D eigenvalue weighted by molar-refractivity contribution is 0.482. The molecule has 0 radical (unpaired) electrons. The number of allylic oxidation sites excluding steroid dienone is 2. The maximum absolute atomic E-state index is 11.9. The Labute approximate surface area is 80.5 Å². The van der Waals surface area contributed by atoms with Crippen LogP contribution in [0.5, 0.6) is 0 Å². The lowest BCUT2D eigenvalue weighted by Gasteiger charge is -2.16. The summed E-state index contributed by atoms with van der Waals surface area (Å²) < 4.78 is 25.3. The first-order chi connectivity index (χ1) is 6.12. The molecule has 13 heavy (non-hydrogen) atoms. The van der Waals surface area contributed by atoms with Crippen molar-refractivity contribution in [1.29, 1.82) is 0 Å². The van der Waals surface area contributed by atoms with Gasteiger partial charge < -0.3 is 0 Å². The molecule has 4 heteroatoms. The fraction of sp³-hybridized carbons (Fsp3) is 0.778. The first-order valence-electron chi connectivity index (χ1n) is 4.78. The van der Waals surface area contributed by atoms with E-state index in [1.807, 2.05) is 6.92 Å². The van der Waals surface area contributed by atoms with Crippen LogP contribution < -0.4 is 0 Å². The van der Waals surface area contributed by atoms with Gasteiger partial charge in [-0.1, -0.05) is 13.0 Å². The zero-order valence-corrected chi connectivity index (χ0v) is 9.10. The first-order valence-corrected chi connectivity index (χ1v) is 6.22. The van der Waals surface area contributed by atoms with Crippen LogP contribution in [0.15, 0.2) is 11.0 Å². The summed E-state index contributed by atoms with van der Waals surface area (Å²) in [5, 5.41) is 0. The Morgan fingerprint density at radius 1 is 1.38 bits per heavy atom. The summed E-state index contributed by atoms with van der Waals surface area (Å²) in [4.78, 5) is 0.550. The van der Waals surface area contributed by atoms with Crippen molar-refractivity contribution in [2.75, 3.05) is 13.1 Å². The van der Waals surface area contributed by atoms with E-state index in [0.29, 0.717) is 24.4 Å². The highest BCUT2D eigenvalue weighted by atomic mass is 32.2. The van der Waals surface area contributed by atoms with Gasteiger partial charge in [0, 0.05) is 13.1 Å². The van der Waals surface area contributed by atoms with Crippen LogP contribution in [0, 0.1) is 0 Å². The van der Waals surface area contributed by atoms with Crippen LogP contribution in [-0.4, -0.2) is 25.8 Å². The lowest BCUT2D eigenvalue weighted by Crippen LogP contribution is -2.28. The molecule has 1 heterocycles. The van der Waals surface area contributed by atoms with Gasteiger partial charge in [0.15, 0.2) is 0 Å². The molecule has 0 saturated carbocycles. The zero-order valence-electron chi connectivity index (χ0n) is 8.28. The van der Waals surface area contributed by atoms with E-state index in [0.717, 1.165) is 12.8 Å². The molecular formula is C9H17NO2S. The minimum Gasteiger partial charge on any atom is -0.207 e. The second-order valence-electron chi connectivity index (χ2n) is 3.22. The lowest BCUT2D eigenvalue weighted by atomic mass is 10.4. The predicted molar refractivity (Wildman–Crippen MR) is 53.8 cm³/mol. The molecule has 3 nitrogen and oxygen atoms in total. The van der Waals surface area contributed by atoms with Crippen LogP contribution in [0.1, 0.15) is 33.1 Å². The average molecular weight is 203 g/mol. The Bertz CT molecular complexity index is 287. The van der Waals surface area contributed by atoms with Gasteiger partial charge >= 0.3 is 0 Å². The molecule has 1 saturated heterocycles. The standard InChI is InChI=1S/C9H17NO2S/c1-3-9(4-2)13(11,12)10-7-5-6-8-10/h3H,4-8H2,1-2H3. The van der Waals surface area contributed by atoms with E-state index in [1.165, 1.54) is 0 Å². The Hall–Kier alpha value is -0.350. The molecule has 0 bridgehead atoms. The van der Waals surface area contributed by atoms with Gasteiger partial charge in [-0.2, -0.15) is 4.31 Å². The molecule has 0 atom stereocenters. The second-order valence-corrected chi connectivity index (χ2v) is 5.21. The number of nitrogens with zero attached hydrogens (tertiary/aromatic N) is 1. The molecule has 1 rings (SSSR count). The predicted octanol–water partition coefficient (Wildman–Crippen LogP) is 1.73. The van der Waals surface area contributed by atoms with E-state index in [4.69, 9.17) is 0 Å². The third-order valence-corrected chi connectivity index (χ3v) is 4.64. The minimum atomic E-state index is -3.11. The van der Waals surface area contributed by atoms with Crippen molar-refractivity contribution in [3.63, 3.8) is 0 Å². The van der Waals surface area contributed by atoms with Gasteiger partial charge in [-0.25, -0.2) is 8.42 Å². The minimum absolute atomic E-state index is 0.550. The van der Waals surface area contributed by atoms with Gasteiger partial charge in [-0.05, 0) is 26.2 Å². The van der Waals surface area contributed by atoms with E-state index in [9.17, 15) is 8.42 Å². The van der Waals surface area contributed by atoms with Crippen LogP contribution in [0.25, 0.3) is 0 Å². The zero-order chi connectivity index (χ0) is 9.90. The van der Waals surface area contributed by atoms with Gasteiger partial charge in [0.25, 0.3) is 0 Å². The van der Waals surface area contributed by atoms with Crippen LogP contribution in [0.4, 0.5) is 0 Å². The summed E-state index contributed by atoms with van der Waals surface area (Å²) in [7, 11) is -3.11. The smallest absolute Gasteiger partial charge is 0.207 e. The van der Waals surface area contributed by atoms with Gasteiger partial charge in [0.2, 0.25) is 10.0 Å². The number of hydrogen-bond acceptors (Lipinski definition) is 2. The van der Waals surface area contributed by atoms with E-state index < -0.39 is 10.0 Å². The summed E-state index contributed by atoms with van der Waals surface area (Å²) in [5.74, 6) is 0. The average Bonchev–Trinajstić information content (AvgIpc) is 2.58. The van der Waals surface area contributed by atoms with Gasteiger partial charge in [-0.3, -0.25) is 0 Å². The Morgan fingerprint density at radius 2 is 1.92 bits per heavy atom. The van der Waals surface area contributed by atoms with Crippen molar-refractivity contribution in [2.45, 2.75) is 33.1 Å².